The topological polar surface area (TPSA) is 0 Å². The van der Waals surface area contributed by atoms with Gasteiger partial charge in [0.2, 0.25) is 0 Å². The molecule has 0 amide bonds. The summed E-state index contributed by atoms with van der Waals surface area (Å²) in [4.78, 5) is 0. The van der Waals surface area contributed by atoms with Crippen LogP contribution in [0.5, 0.6) is 0 Å². The van der Waals surface area contributed by atoms with Crippen molar-refractivity contribution in [2.45, 2.75) is 26.2 Å². The highest BCUT2D eigenvalue weighted by Gasteiger charge is 2.15. The molecular formula is C12H17P. The first kappa shape index (κ1) is 10.5. The van der Waals surface area contributed by atoms with Gasteiger partial charge < -0.3 is 0 Å². The minimum absolute atomic E-state index is 0.204. The van der Waals surface area contributed by atoms with E-state index in [4.69, 9.17) is 0 Å². The second kappa shape index (κ2) is 3.64. The lowest BCUT2D eigenvalue weighted by Crippen LogP contribution is -2.18. The Kier molecular flexibility index (Phi) is 2.93. The first-order chi connectivity index (χ1) is 5.95. The predicted molar refractivity (Wildman–Crippen MR) is 64.6 cm³/mol. The van der Waals surface area contributed by atoms with Crippen molar-refractivity contribution in [3.63, 3.8) is 0 Å². The molecule has 0 spiro atoms. The Labute approximate surface area is 83.3 Å². The third kappa shape index (κ3) is 2.42. The van der Waals surface area contributed by atoms with Crippen LogP contribution in [0.3, 0.4) is 0 Å². The number of rotatable bonds is 1. The molecule has 0 aliphatic heterocycles. The van der Waals surface area contributed by atoms with Gasteiger partial charge in [-0.15, -0.1) is 9.24 Å². The smallest absolute Gasteiger partial charge is 0.0126 e. The van der Waals surface area contributed by atoms with E-state index in [1.807, 2.05) is 6.08 Å². The predicted octanol–water partition coefficient (Wildman–Crippen LogP) is 3.13. The van der Waals surface area contributed by atoms with Gasteiger partial charge in [-0.25, -0.2) is 0 Å². The van der Waals surface area contributed by atoms with Crippen LogP contribution >= 0.6 is 9.24 Å². The van der Waals surface area contributed by atoms with Crippen LogP contribution in [0.1, 0.15) is 31.9 Å². The fourth-order valence-electron chi connectivity index (χ4n) is 1.35. The van der Waals surface area contributed by atoms with Gasteiger partial charge in [-0.3, -0.25) is 0 Å². The SMILES string of the molecule is C=Cc1ccc(P)c(C(C)(C)C)c1. The average Bonchev–Trinajstić information content (AvgIpc) is 2.03. The maximum absolute atomic E-state index is 3.78. The van der Waals surface area contributed by atoms with Crippen LogP contribution in [-0.2, 0) is 5.41 Å². The van der Waals surface area contributed by atoms with Crippen LogP contribution < -0.4 is 5.30 Å². The van der Waals surface area contributed by atoms with E-state index < -0.39 is 0 Å². The van der Waals surface area contributed by atoms with E-state index in [1.165, 1.54) is 16.4 Å². The third-order valence-corrected chi connectivity index (χ3v) is 2.62. The molecule has 1 rings (SSSR count). The standard InChI is InChI=1S/C12H17P/c1-5-9-6-7-11(13)10(8-9)12(2,3)4/h5-8H,1,13H2,2-4H3. The van der Waals surface area contributed by atoms with E-state index >= 15 is 0 Å². The molecule has 1 aromatic carbocycles. The number of benzene rings is 1. The maximum Gasteiger partial charge on any atom is -0.0126 e. The van der Waals surface area contributed by atoms with E-state index in [0.717, 1.165) is 0 Å². The van der Waals surface area contributed by atoms with E-state index in [9.17, 15) is 0 Å². The van der Waals surface area contributed by atoms with E-state index in [0.29, 0.717) is 0 Å². The Balaban J connectivity index is 3.27. The first-order valence-corrected chi connectivity index (χ1v) is 5.05. The van der Waals surface area contributed by atoms with Crippen LogP contribution in [-0.4, -0.2) is 0 Å². The van der Waals surface area contributed by atoms with Crippen molar-refractivity contribution in [1.82, 2.24) is 0 Å². The molecule has 0 aromatic heterocycles. The molecule has 0 radical (unpaired) electrons. The molecule has 1 unspecified atom stereocenters. The summed E-state index contributed by atoms with van der Waals surface area (Å²) in [6.07, 6.45) is 1.89. The van der Waals surface area contributed by atoms with Gasteiger partial charge in [0.15, 0.2) is 0 Å². The molecule has 0 aliphatic carbocycles. The minimum Gasteiger partial charge on any atom is -0.105 e. The Morgan fingerprint density at radius 1 is 1.31 bits per heavy atom. The Morgan fingerprint density at radius 2 is 1.92 bits per heavy atom. The second-order valence-corrected chi connectivity index (χ2v) is 4.92. The summed E-state index contributed by atoms with van der Waals surface area (Å²) < 4.78 is 0. The minimum atomic E-state index is 0.204. The van der Waals surface area contributed by atoms with Gasteiger partial charge in [-0.05, 0) is 21.8 Å². The zero-order valence-corrected chi connectivity index (χ0v) is 9.75. The van der Waals surface area contributed by atoms with Gasteiger partial charge in [0.05, 0.1) is 0 Å². The van der Waals surface area contributed by atoms with Gasteiger partial charge in [-0.2, -0.15) is 0 Å². The van der Waals surface area contributed by atoms with Crippen molar-refractivity contribution in [3.8, 4) is 0 Å². The normalized spacial score (nSPS) is 11.4. The summed E-state index contributed by atoms with van der Waals surface area (Å²) >= 11 is 0. The van der Waals surface area contributed by atoms with Crippen LogP contribution in [0, 0.1) is 0 Å². The van der Waals surface area contributed by atoms with E-state index in [1.54, 1.807) is 0 Å². The Hall–Kier alpha value is -0.610. The van der Waals surface area contributed by atoms with Crippen molar-refractivity contribution >= 4 is 20.6 Å². The molecule has 0 N–H and O–H groups in total. The number of hydrogen-bond acceptors (Lipinski definition) is 0. The van der Waals surface area contributed by atoms with Gasteiger partial charge in [0.1, 0.15) is 0 Å². The van der Waals surface area contributed by atoms with Crippen molar-refractivity contribution in [3.05, 3.63) is 35.9 Å². The summed E-state index contributed by atoms with van der Waals surface area (Å²) in [5.41, 5.74) is 2.77. The van der Waals surface area contributed by atoms with E-state index in [-0.39, 0.29) is 5.41 Å². The monoisotopic (exact) mass is 192 g/mol. The lowest BCUT2D eigenvalue weighted by Gasteiger charge is -2.21. The van der Waals surface area contributed by atoms with Crippen LogP contribution in [0.4, 0.5) is 0 Å². The molecule has 0 fully saturated rings. The molecule has 1 aromatic rings. The van der Waals surface area contributed by atoms with Gasteiger partial charge in [0, 0.05) is 0 Å². The van der Waals surface area contributed by atoms with Crippen molar-refractivity contribution < 1.29 is 0 Å². The first-order valence-electron chi connectivity index (χ1n) is 4.47. The fourth-order valence-corrected chi connectivity index (χ4v) is 1.96. The molecule has 0 aliphatic rings. The van der Waals surface area contributed by atoms with E-state index in [2.05, 4.69) is 54.8 Å². The maximum atomic E-state index is 3.78. The summed E-state index contributed by atoms with van der Waals surface area (Å²) in [5, 5.41) is 1.28. The van der Waals surface area contributed by atoms with Crippen LogP contribution in [0.15, 0.2) is 24.8 Å². The summed E-state index contributed by atoms with van der Waals surface area (Å²) in [5.74, 6) is 0. The quantitative estimate of drug-likeness (QED) is 0.600. The van der Waals surface area contributed by atoms with Crippen molar-refractivity contribution in [1.29, 1.82) is 0 Å². The zero-order chi connectivity index (χ0) is 10.1. The van der Waals surface area contributed by atoms with Crippen LogP contribution in [0.25, 0.3) is 6.08 Å². The highest BCUT2D eigenvalue weighted by Crippen LogP contribution is 2.23. The summed E-state index contributed by atoms with van der Waals surface area (Å²) in [6.45, 7) is 10.5. The molecule has 1 heteroatoms. The summed E-state index contributed by atoms with van der Waals surface area (Å²) in [6, 6.07) is 6.42. The fraction of sp³-hybridized carbons (Fsp3) is 0.333. The highest BCUT2D eigenvalue weighted by atomic mass is 31.0. The van der Waals surface area contributed by atoms with Gasteiger partial charge in [0.25, 0.3) is 0 Å². The Morgan fingerprint density at radius 3 is 2.38 bits per heavy atom. The zero-order valence-electron chi connectivity index (χ0n) is 8.59. The molecule has 0 heterocycles. The second-order valence-electron chi connectivity index (χ2n) is 4.30. The van der Waals surface area contributed by atoms with Gasteiger partial charge >= 0.3 is 0 Å². The van der Waals surface area contributed by atoms with Crippen LogP contribution in [0.2, 0.25) is 0 Å². The Bertz CT molecular complexity index is 318. The molecule has 1 atom stereocenters. The molecule has 0 saturated carbocycles. The lowest BCUT2D eigenvalue weighted by atomic mass is 9.86. The molecule has 0 bridgehead atoms. The molecule has 70 valence electrons. The summed E-state index contributed by atoms with van der Waals surface area (Å²) in [7, 11) is 2.78. The molecule has 13 heavy (non-hydrogen) atoms. The van der Waals surface area contributed by atoms with Gasteiger partial charge in [-0.1, -0.05) is 51.6 Å². The average molecular weight is 192 g/mol. The lowest BCUT2D eigenvalue weighted by molar-refractivity contribution is 0.594. The molecular weight excluding hydrogens is 175 g/mol. The highest BCUT2D eigenvalue weighted by molar-refractivity contribution is 7.27. The van der Waals surface area contributed by atoms with Crippen molar-refractivity contribution in [2.24, 2.45) is 0 Å². The number of hydrogen-bond donors (Lipinski definition) is 0. The molecule has 0 saturated heterocycles. The largest absolute Gasteiger partial charge is 0.105 e. The van der Waals surface area contributed by atoms with Crippen molar-refractivity contribution in [2.75, 3.05) is 0 Å². The molecule has 0 nitrogen and oxygen atoms in total. The third-order valence-electron chi connectivity index (χ3n) is 2.12.